The molecule has 0 saturated carbocycles. The molecule has 0 atom stereocenters. The van der Waals surface area contributed by atoms with Gasteiger partial charge in [0.15, 0.2) is 0 Å². The summed E-state index contributed by atoms with van der Waals surface area (Å²) in [4.78, 5) is 38.1. The first-order valence-electron chi connectivity index (χ1n) is 8.74. The van der Waals surface area contributed by atoms with Crippen LogP contribution < -0.4 is 10.9 Å². The van der Waals surface area contributed by atoms with Crippen molar-refractivity contribution in [1.82, 2.24) is 4.90 Å². The van der Waals surface area contributed by atoms with E-state index in [1.807, 2.05) is 6.07 Å². The second kappa shape index (κ2) is 8.43. The second-order valence-electron chi connectivity index (χ2n) is 6.34. The topological polar surface area (TPSA) is 79.6 Å². The van der Waals surface area contributed by atoms with E-state index in [0.29, 0.717) is 36.5 Å². The van der Waals surface area contributed by atoms with E-state index in [0.717, 1.165) is 11.8 Å². The van der Waals surface area contributed by atoms with E-state index in [1.54, 1.807) is 48.5 Å². The van der Waals surface area contributed by atoms with Crippen molar-refractivity contribution in [2.45, 2.75) is 0 Å². The van der Waals surface area contributed by atoms with E-state index in [9.17, 15) is 14.4 Å². The number of nitrogens with one attached hydrogen (secondary N) is 1. The summed E-state index contributed by atoms with van der Waals surface area (Å²) in [5.41, 5.74) is 1.19. The molecule has 0 aliphatic carbocycles. The van der Waals surface area contributed by atoms with Gasteiger partial charge in [0.1, 0.15) is 16.4 Å². The van der Waals surface area contributed by atoms with Crippen LogP contribution in [0.25, 0.3) is 17.0 Å². The van der Waals surface area contributed by atoms with Crippen LogP contribution in [0.3, 0.4) is 0 Å². The minimum absolute atomic E-state index is 0.216. The number of fused-ring (bicyclic) bond motifs is 1. The fraction of sp³-hybridized carbons (Fsp3) is 0.0476. The monoisotopic (exact) mass is 456 g/mol. The zero-order valence-electron chi connectivity index (χ0n) is 15.3. The summed E-state index contributed by atoms with van der Waals surface area (Å²) in [6, 6.07) is 15.0. The van der Waals surface area contributed by atoms with Crippen molar-refractivity contribution in [3.05, 3.63) is 80.5 Å². The van der Waals surface area contributed by atoms with E-state index in [4.69, 9.17) is 28.2 Å². The van der Waals surface area contributed by atoms with Crippen LogP contribution in [0.15, 0.2) is 68.7 Å². The molecule has 0 spiro atoms. The lowest BCUT2D eigenvalue weighted by atomic mass is 10.2. The maximum atomic E-state index is 12.7. The van der Waals surface area contributed by atoms with Gasteiger partial charge in [-0.2, -0.15) is 0 Å². The molecule has 1 aliphatic heterocycles. The fourth-order valence-electron chi connectivity index (χ4n) is 2.86. The molecule has 0 unspecified atom stereocenters. The molecule has 1 saturated heterocycles. The SMILES string of the molecule is O=C(CN1C(=O)/C(=C/c2ccccc2Cl)SC1=S)Nc1ccc2oc(=O)ccc2c1. The Morgan fingerprint density at radius 1 is 1.17 bits per heavy atom. The van der Waals surface area contributed by atoms with Gasteiger partial charge in [0.05, 0.1) is 4.91 Å². The number of anilines is 1. The molecule has 2 amide bonds. The van der Waals surface area contributed by atoms with Crippen LogP contribution >= 0.6 is 35.6 Å². The lowest BCUT2D eigenvalue weighted by Crippen LogP contribution is -2.36. The number of nitrogens with zero attached hydrogens (tertiary/aromatic N) is 1. The number of carbonyl (C=O) groups is 2. The molecular formula is C21H13ClN2O4S2. The van der Waals surface area contributed by atoms with Crippen LogP contribution in [0.2, 0.25) is 5.02 Å². The highest BCUT2D eigenvalue weighted by Crippen LogP contribution is 2.33. The maximum absolute atomic E-state index is 12.7. The molecule has 1 aromatic heterocycles. The third-order valence-electron chi connectivity index (χ3n) is 4.27. The largest absolute Gasteiger partial charge is 0.423 e. The fourth-order valence-corrected chi connectivity index (χ4v) is 4.30. The first-order chi connectivity index (χ1) is 14.4. The molecule has 30 heavy (non-hydrogen) atoms. The van der Waals surface area contributed by atoms with Crippen molar-refractivity contribution in [3.63, 3.8) is 0 Å². The van der Waals surface area contributed by atoms with Crippen LogP contribution in [0.4, 0.5) is 5.69 Å². The van der Waals surface area contributed by atoms with Gasteiger partial charge in [0.25, 0.3) is 5.91 Å². The number of carbonyl (C=O) groups excluding carboxylic acids is 2. The molecule has 4 rings (SSSR count). The minimum atomic E-state index is -0.446. The Hall–Kier alpha value is -2.94. The second-order valence-corrected chi connectivity index (χ2v) is 8.43. The zero-order valence-corrected chi connectivity index (χ0v) is 17.6. The molecule has 1 N–H and O–H groups in total. The van der Waals surface area contributed by atoms with Gasteiger partial charge in [-0.1, -0.05) is 53.8 Å². The summed E-state index contributed by atoms with van der Waals surface area (Å²) in [6.45, 7) is -0.216. The first-order valence-corrected chi connectivity index (χ1v) is 10.3. The predicted molar refractivity (Wildman–Crippen MR) is 122 cm³/mol. The number of thiocarbonyl (C=S) groups is 1. The van der Waals surface area contributed by atoms with Crippen LogP contribution in [-0.4, -0.2) is 27.6 Å². The molecule has 150 valence electrons. The van der Waals surface area contributed by atoms with Crippen molar-refractivity contribution < 1.29 is 14.0 Å². The third-order valence-corrected chi connectivity index (χ3v) is 5.99. The van der Waals surface area contributed by atoms with Crippen molar-refractivity contribution in [2.75, 3.05) is 11.9 Å². The van der Waals surface area contributed by atoms with E-state index >= 15 is 0 Å². The average Bonchev–Trinajstić information content (AvgIpc) is 2.97. The molecule has 0 bridgehead atoms. The van der Waals surface area contributed by atoms with Gasteiger partial charge in [-0.25, -0.2) is 4.79 Å². The van der Waals surface area contributed by atoms with Crippen LogP contribution in [0.1, 0.15) is 5.56 Å². The summed E-state index contributed by atoms with van der Waals surface area (Å²) >= 11 is 12.5. The molecule has 6 nitrogen and oxygen atoms in total. The number of thioether (sulfide) groups is 1. The number of halogens is 1. The molecule has 1 fully saturated rings. The number of amides is 2. The summed E-state index contributed by atoms with van der Waals surface area (Å²) in [7, 11) is 0. The standard InChI is InChI=1S/C21H13ClN2O4S2/c22-15-4-2-1-3-12(15)10-17-20(27)24(21(29)30-17)11-18(25)23-14-6-7-16-13(9-14)5-8-19(26)28-16/h1-10H,11H2,(H,23,25)/b17-10-. The normalized spacial score (nSPS) is 15.2. The number of hydrogen-bond acceptors (Lipinski definition) is 6. The van der Waals surface area contributed by atoms with Crippen LogP contribution in [0.5, 0.6) is 0 Å². The lowest BCUT2D eigenvalue weighted by molar-refractivity contribution is -0.126. The zero-order chi connectivity index (χ0) is 21.3. The summed E-state index contributed by atoms with van der Waals surface area (Å²) in [6.07, 6.45) is 1.66. The Kier molecular flexibility index (Phi) is 5.72. The number of benzene rings is 2. The van der Waals surface area contributed by atoms with Gasteiger partial charge in [-0.05, 0) is 42.0 Å². The molecular weight excluding hydrogens is 444 g/mol. The van der Waals surface area contributed by atoms with Gasteiger partial charge in [-0.3, -0.25) is 14.5 Å². The van der Waals surface area contributed by atoms with Crippen LogP contribution in [0, 0.1) is 0 Å². The summed E-state index contributed by atoms with van der Waals surface area (Å²) in [5, 5.41) is 3.92. The van der Waals surface area contributed by atoms with Gasteiger partial charge < -0.3 is 9.73 Å². The molecule has 1 aliphatic rings. The summed E-state index contributed by atoms with van der Waals surface area (Å²) < 4.78 is 5.37. The van der Waals surface area contributed by atoms with Crippen molar-refractivity contribution in [3.8, 4) is 0 Å². The highest BCUT2D eigenvalue weighted by atomic mass is 35.5. The molecule has 9 heteroatoms. The smallest absolute Gasteiger partial charge is 0.336 e. The Bertz CT molecular complexity index is 1290. The van der Waals surface area contributed by atoms with E-state index in [1.165, 1.54) is 11.0 Å². The van der Waals surface area contributed by atoms with Crippen molar-refractivity contribution >= 4 is 74.4 Å². The lowest BCUT2D eigenvalue weighted by Gasteiger charge is -2.14. The summed E-state index contributed by atoms with van der Waals surface area (Å²) in [5.74, 6) is -0.748. The molecule has 0 radical (unpaired) electrons. The van der Waals surface area contributed by atoms with E-state index < -0.39 is 11.5 Å². The Morgan fingerprint density at radius 3 is 2.77 bits per heavy atom. The molecule has 3 aromatic rings. The third kappa shape index (κ3) is 4.30. The van der Waals surface area contributed by atoms with E-state index in [2.05, 4.69) is 5.32 Å². The van der Waals surface area contributed by atoms with Crippen LogP contribution in [-0.2, 0) is 9.59 Å². The predicted octanol–water partition coefficient (Wildman–Crippen LogP) is 4.29. The van der Waals surface area contributed by atoms with Gasteiger partial charge in [-0.15, -0.1) is 0 Å². The quantitative estimate of drug-likeness (QED) is 0.358. The molecule has 2 aromatic carbocycles. The number of hydrogen-bond donors (Lipinski definition) is 1. The number of rotatable bonds is 4. The Balaban J connectivity index is 1.47. The Morgan fingerprint density at radius 2 is 1.97 bits per heavy atom. The van der Waals surface area contributed by atoms with Crippen molar-refractivity contribution in [1.29, 1.82) is 0 Å². The van der Waals surface area contributed by atoms with E-state index in [-0.39, 0.29) is 12.5 Å². The minimum Gasteiger partial charge on any atom is -0.423 e. The average molecular weight is 457 g/mol. The highest BCUT2D eigenvalue weighted by Gasteiger charge is 2.33. The van der Waals surface area contributed by atoms with Gasteiger partial charge in [0.2, 0.25) is 5.91 Å². The van der Waals surface area contributed by atoms with Gasteiger partial charge in [0, 0.05) is 22.2 Å². The maximum Gasteiger partial charge on any atom is 0.336 e. The first kappa shape index (κ1) is 20.3. The Labute approximate surface area is 185 Å². The molecule has 2 heterocycles. The van der Waals surface area contributed by atoms with Crippen molar-refractivity contribution in [2.24, 2.45) is 0 Å². The van der Waals surface area contributed by atoms with Gasteiger partial charge >= 0.3 is 5.63 Å². The highest BCUT2D eigenvalue weighted by molar-refractivity contribution is 8.26.